The minimum atomic E-state index is -3.48. The van der Waals surface area contributed by atoms with Crippen LogP contribution >= 0.6 is 0 Å². The number of nitrogens with zero attached hydrogens (tertiary/aromatic N) is 2. The molecule has 3 aromatic carbocycles. The Morgan fingerprint density at radius 1 is 0.774 bits per heavy atom. The third-order valence-corrected chi connectivity index (χ3v) is 8.19. The van der Waals surface area contributed by atoms with Crippen molar-refractivity contribution in [3.63, 3.8) is 0 Å². The molecule has 0 aromatic heterocycles. The van der Waals surface area contributed by atoms with E-state index in [9.17, 15) is 8.42 Å². The van der Waals surface area contributed by atoms with E-state index in [1.807, 2.05) is 24.3 Å². The molecule has 1 saturated heterocycles. The Morgan fingerprint density at radius 3 is 2.00 bits per heavy atom. The van der Waals surface area contributed by atoms with Crippen LogP contribution in [0.2, 0.25) is 0 Å². The van der Waals surface area contributed by atoms with Crippen LogP contribution in [-0.2, 0) is 16.4 Å². The molecule has 0 bridgehead atoms. The lowest BCUT2D eigenvalue weighted by atomic mass is 9.96. The third-order valence-electron chi connectivity index (χ3n) is 6.29. The van der Waals surface area contributed by atoms with Crippen LogP contribution < -0.4 is 5.32 Å². The number of hydrogen-bond acceptors (Lipinski definition) is 4. The van der Waals surface area contributed by atoms with E-state index in [0.717, 1.165) is 24.2 Å². The predicted molar refractivity (Wildman–Crippen MR) is 124 cm³/mol. The van der Waals surface area contributed by atoms with Crippen LogP contribution in [-0.4, -0.2) is 50.3 Å². The fraction of sp³-hybridized carbons (Fsp3) is 0.280. The second kappa shape index (κ2) is 8.46. The first kappa shape index (κ1) is 20.2. The quantitative estimate of drug-likeness (QED) is 0.666. The molecule has 6 heteroatoms. The third kappa shape index (κ3) is 3.99. The van der Waals surface area contributed by atoms with E-state index in [1.54, 1.807) is 10.4 Å². The van der Waals surface area contributed by atoms with Crippen molar-refractivity contribution in [1.82, 2.24) is 9.21 Å². The zero-order valence-corrected chi connectivity index (χ0v) is 18.3. The first-order valence-corrected chi connectivity index (χ1v) is 12.3. The lowest BCUT2D eigenvalue weighted by molar-refractivity contribution is 0.156. The summed E-state index contributed by atoms with van der Waals surface area (Å²) < 4.78 is 28.2. The molecule has 0 unspecified atom stereocenters. The summed E-state index contributed by atoms with van der Waals surface area (Å²) in [6.45, 7) is 3.25. The molecule has 2 heterocycles. The Bertz CT molecular complexity index is 1100. The van der Waals surface area contributed by atoms with Gasteiger partial charge >= 0.3 is 0 Å². The van der Waals surface area contributed by atoms with Gasteiger partial charge in [-0.2, -0.15) is 4.31 Å². The summed E-state index contributed by atoms with van der Waals surface area (Å²) in [7, 11) is -3.48. The second-order valence-corrected chi connectivity index (χ2v) is 10.1. The van der Waals surface area contributed by atoms with Gasteiger partial charge in [-0.3, -0.25) is 4.90 Å². The van der Waals surface area contributed by atoms with Gasteiger partial charge in [0, 0.05) is 38.4 Å². The maximum atomic E-state index is 13.3. The smallest absolute Gasteiger partial charge is 0.243 e. The van der Waals surface area contributed by atoms with Gasteiger partial charge in [0.05, 0.1) is 10.9 Å². The molecule has 1 fully saturated rings. The van der Waals surface area contributed by atoms with Gasteiger partial charge in [0.2, 0.25) is 10.0 Å². The lowest BCUT2D eigenvalue weighted by Crippen LogP contribution is -2.49. The van der Waals surface area contributed by atoms with Gasteiger partial charge in [-0.25, -0.2) is 8.42 Å². The van der Waals surface area contributed by atoms with E-state index < -0.39 is 10.0 Å². The van der Waals surface area contributed by atoms with Gasteiger partial charge < -0.3 is 5.32 Å². The Labute approximate surface area is 184 Å². The highest BCUT2D eigenvalue weighted by atomic mass is 32.2. The van der Waals surface area contributed by atoms with Crippen molar-refractivity contribution < 1.29 is 8.42 Å². The largest absolute Gasteiger partial charge is 0.384 e. The van der Waals surface area contributed by atoms with Gasteiger partial charge in [-0.1, -0.05) is 60.7 Å². The van der Waals surface area contributed by atoms with Crippen LogP contribution in [0.4, 0.5) is 5.69 Å². The van der Waals surface area contributed by atoms with Crippen LogP contribution in [0, 0.1) is 0 Å². The monoisotopic (exact) mass is 433 g/mol. The number of benzene rings is 3. The molecule has 1 N–H and O–H groups in total. The highest BCUT2D eigenvalue weighted by Gasteiger charge is 2.32. The number of sulfonamides is 1. The van der Waals surface area contributed by atoms with Gasteiger partial charge in [0.15, 0.2) is 0 Å². The fourth-order valence-corrected chi connectivity index (χ4v) is 6.15. The average molecular weight is 434 g/mol. The van der Waals surface area contributed by atoms with Gasteiger partial charge in [0.1, 0.15) is 0 Å². The first-order chi connectivity index (χ1) is 15.1. The standard InChI is InChI=1S/C25H27N3O2S/c29-31(30,23-11-12-24-22(19-23)13-14-26-24)28-17-15-27(16-18-28)25(20-7-3-1-4-8-20)21-9-5-2-6-10-21/h1-12,19,25-26H,13-18H2. The Balaban J connectivity index is 1.36. The number of nitrogens with one attached hydrogen (secondary N) is 1. The van der Waals surface area contributed by atoms with Crippen molar-refractivity contribution in [2.24, 2.45) is 0 Å². The average Bonchev–Trinajstić information content (AvgIpc) is 3.29. The second-order valence-electron chi connectivity index (χ2n) is 8.16. The van der Waals surface area contributed by atoms with Crippen molar-refractivity contribution in [3.05, 3.63) is 95.6 Å². The Kier molecular flexibility index (Phi) is 5.52. The highest BCUT2D eigenvalue weighted by Crippen LogP contribution is 2.31. The molecule has 0 aliphatic carbocycles. The fourth-order valence-electron chi connectivity index (χ4n) is 4.68. The number of piperazine rings is 1. The van der Waals surface area contributed by atoms with Crippen molar-refractivity contribution in [3.8, 4) is 0 Å². The zero-order chi connectivity index (χ0) is 21.3. The number of rotatable bonds is 5. The van der Waals surface area contributed by atoms with Crippen molar-refractivity contribution in [1.29, 1.82) is 0 Å². The Hall–Kier alpha value is -2.67. The van der Waals surface area contributed by atoms with E-state index in [4.69, 9.17) is 0 Å². The zero-order valence-electron chi connectivity index (χ0n) is 17.4. The minimum Gasteiger partial charge on any atom is -0.384 e. The number of fused-ring (bicyclic) bond motifs is 1. The maximum absolute atomic E-state index is 13.3. The molecule has 3 aromatic rings. The molecule has 160 valence electrons. The molecule has 5 rings (SSSR count). The number of hydrogen-bond donors (Lipinski definition) is 1. The summed E-state index contributed by atoms with van der Waals surface area (Å²) in [6.07, 6.45) is 0.877. The lowest BCUT2D eigenvalue weighted by Gasteiger charge is -2.39. The van der Waals surface area contributed by atoms with E-state index >= 15 is 0 Å². The summed E-state index contributed by atoms with van der Waals surface area (Å²) in [5.74, 6) is 0. The van der Waals surface area contributed by atoms with Crippen molar-refractivity contribution in [2.45, 2.75) is 17.4 Å². The van der Waals surface area contributed by atoms with Crippen LogP contribution in [0.5, 0.6) is 0 Å². The van der Waals surface area contributed by atoms with E-state index in [2.05, 4.69) is 58.7 Å². The molecule has 0 spiro atoms. The highest BCUT2D eigenvalue weighted by molar-refractivity contribution is 7.89. The Morgan fingerprint density at radius 2 is 1.39 bits per heavy atom. The molecular weight excluding hydrogens is 406 g/mol. The van der Waals surface area contributed by atoms with Crippen molar-refractivity contribution >= 4 is 15.7 Å². The predicted octanol–water partition coefficient (Wildman–Crippen LogP) is 3.75. The maximum Gasteiger partial charge on any atom is 0.243 e. The molecule has 2 aliphatic heterocycles. The van der Waals surface area contributed by atoms with Crippen LogP contribution in [0.1, 0.15) is 22.7 Å². The molecule has 0 atom stereocenters. The van der Waals surface area contributed by atoms with E-state index in [1.165, 1.54) is 11.1 Å². The normalized spacial score (nSPS) is 17.5. The van der Waals surface area contributed by atoms with Gasteiger partial charge in [-0.15, -0.1) is 0 Å². The van der Waals surface area contributed by atoms with Gasteiger partial charge in [0.25, 0.3) is 0 Å². The summed E-state index contributed by atoms with van der Waals surface area (Å²) in [5, 5.41) is 3.29. The van der Waals surface area contributed by atoms with Crippen LogP contribution in [0.3, 0.4) is 0 Å². The van der Waals surface area contributed by atoms with E-state index in [0.29, 0.717) is 31.1 Å². The molecule has 0 saturated carbocycles. The molecule has 0 radical (unpaired) electrons. The molecule has 2 aliphatic rings. The summed E-state index contributed by atoms with van der Waals surface area (Å²) in [6, 6.07) is 26.5. The summed E-state index contributed by atoms with van der Waals surface area (Å²) in [4.78, 5) is 2.80. The molecule has 31 heavy (non-hydrogen) atoms. The summed E-state index contributed by atoms with van der Waals surface area (Å²) >= 11 is 0. The topological polar surface area (TPSA) is 52.7 Å². The molecular formula is C25H27N3O2S. The molecule has 0 amide bonds. The van der Waals surface area contributed by atoms with Crippen LogP contribution in [0.25, 0.3) is 0 Å². The SMILES string of the molecule is O=S(=O)(c1ccc2c(c1)CCN2)N1CCN(C(c2ccccc2)c2ccccc2)CC1. The summed E-state index contributed by atoms with van der Waals surface area (Å²) in [5.41, 5.74) is 4.61. The van der Waals surface area contributed by atoms with Crippen LogP contribution in [0.15, 0.2) is 83.8 Å². The van der Waals surface area contributed by atoms with Gasteiger partial charge in [-0.05, 0) is 41.3 Å². The molecule has 5 nitrogen and oxygen atoms in total. The van der Waals surface area contributed by atoms with E-state index in [-0.39, 0.29) is 6.04 Å². The minimum absolute atomic E-state index is 0.123. The van der Waals surface area contributed by atoms with Crippen molar-refractivity contribution in [2.75, 3.05) is 38.0 Å². The number of anilines is 1. The first-order valence-electron chi connectivity index (χ1n) is 10.8.